The van der Waals surface area contributed by atoms with E-state index in [-0.39, 0.29) is 0 Å². The van der Waals surface area contributed by atoms with Crippen LogP contribution in [0.4, 0.5) is 17.6 Å². The van der Waals surface area contributed by atoms with Gasteiger partial charge in [-0.05, 0) is 0 Å². The van der Waals surface area contributed by atoms with Crippen molar-refractivity contribution in [2.24, 2.45) is 0 Å². The summed E-state index contributed by atoms with van der Waals surface area (Å²) in [6.45, 7) is -0.981. The Labute approximate surface area is 70.8 Å². The van der Waals surface area contributed by atoms with Gasteiger partial charge in [-0.15, -0.1) is 0 Å². The van der Waals surface area contributed by atoms with Crippen LogP contribution in [0.5, 0.6) is 0 Å². The first-order chi connectivity index (χ1) is 6.07. The van der Waals surface area contributed by atoms with Gasteiger partial charge in [-0.25, -0.2) is 18.2 Å². The molecule has 72 valence electrons. The quantitative estimate of drug-likeness (QED) is 0.576. The molecule has 2 nitrogen and oxygen atoms in total. The molecule has 0 fully saturated rings. The molecule has 6 heteroatoms. The molecule has 0 amide bonds. The molecular weight excluding hydrogens is 190 g/mol. The summed E-state index contributed by atoms with van der Waals surface area (Å²) in [6.07, 6.45) is -2.74. The van der Waals surface area contributed by atoms with E-state index in [0.717, 1.165) is 0 Å². The molecule has 1 aromatic rings. The van der Waals surface area contributed by atoms with Crippen LogP contribution in [-0.4, -0.2) is 10.1 Å². The second-order valence-corrected chi connectivity index (χ2v) is 2.25. The van der Waals surface area contributed by atoms with Gasteiger partial charge < -0.3 is 5.11 Å². The van der Waals surface area contributed by atoms with Crippen molar-refractivity contribution in [2.45, 2.75) is 13.0 Å². The third-order valence-electron chi connectivity index (χ3n) is 1.50. The summed E-state index contributed by atoms with van der Waals surface area (Å²) in [5.41, 5.74) is -1.93. The number of aliphatic hydroxyl groups is 1. The number of aliphatic hydroxyl groups excluding tert-OH is 1. The Hall–Kier alpha value is -1.17. The summed E-state index contributed by atoms with van der Waals surface area (Å²) in [5, 5.41) is 8.50. The predicted molar refractivity (Wildman–Crippen MR) is 35.0 cm³/mol. The Morgan fingerprint density at radius 3 is 2.38 bits per heavy atom. The zero-order valence-corrected chi connectivity index (χ0v) is 6.27. The van der Waals surface area contributed by atoms with Crippen LogP contribution in [-0.2, 0) is 6.61 Å². The van der Waals surface area contributed by atoms with Gasteiger partial charge in [0.1, 0.15) is 5.82 Å². The van der Waals surface area contributed by atoms with Gasteiger partial charge in [-0.1, -0.05) is 0 Å². The van der Waals surface area contributed by atoms with Gasteiger partial charge in [0.2, 0.25) is 5.95 Å². The summed E-state index contributed by atoms with van der Waals surface area (Å²) in [7, 11) is 0. The van der Waals surface area contributed by atoms with Crippen molar-refractivity contribution in [3.05, 3.63) is 29.1 Å². The minimum Gasteiger partial charge on any atom is -0.392 e. The van der Waals surface area contributed by atoms with E-state index in [1.807, 2.05) is 0 Å². The highest BCUT2D eigenvalue weighted by Crippen LogP contribution is 2.26. The smallest absolute Gasteiger partial charge is 0.268 e. The molecule has 13 heavy (non-hydrogen) atoms. The van der Waals surface area contributed by atoms with E-state index in [4.69, 9.17) is 5.11 Å². The van der Waals surface area contributed by atoms with Crippen molar-refractivity contribution >= 4 is 0 Å². The highest BCUT2D eigenvalue weighted by Gasteiger charge is 2.22. The number of hydrogen-bond acceptors (Lipinski definition) is 2. The number of nitrogens with zero attached hydrogens (tertiary/aromatic N) is 1. The van der Waals surface area contributed by atoms with Crippen LogP contribution in [0.15, 0.2) is 6.20 Å². The molecule has 0 aliphatic carbocycles. The Morgan fingerprint density at radius 1 is 1.38 bits per heavy atom. The van der Waals surface area contributed by atoms with Crippen LogP contribution in [0.2, 0.25) is 0 Å². The van der Waals surface area contributed by atoms with Gasteiger partial charge in [-0.3, -0.25) is 0 Å². The Balaban J connectivity index is 3.35. The third kappa shape index (κ3) is 1.77. The fourth-order valence-electron chi connectivity index (χ4n) is 0.896. The van der Waals surface area contributed by atoms with Gasteiger partial charge in [-0.2, -0.15) is 4.39 Å². The molecule has 1 N–H and O–H groups in total. The number of rotatable bonds is 2. The molecule has 0 spiro atoms. The minimum atomic E-state index is -3.19. The van der Waals surface area contributed by atoms with Crippen molar-refractivity contribution in [3.63, 3.8) is 0 Å². The number of alkyl halides is 2. The van der Waals surface area contributed by atoms with Crippen LogP contribution in [0.25, 0.3) is 0 Å². The normalized spacial score (nSPS) is 10.9. The summed E-state index contributed by atoms with van der Waals surface area (Å²) < 4.78 is 49.5. The first-order valence-electron chi connectivity index (χ1n) is 3.29. The largest absolute Gasteiger partial charge is 0.392 e. The molecular formula is C7H5F4NO. The lowest BCUT2D eigenvalue weighted by atomic mass is 10.1. The van der Waals surface area contributed by atoms with E-state index >= 15 is 0 Å². The van der Waals surface area contributed by atoms with Crippen LogP contribution < -0.4 is 0 Å². The SMILES string of the molecule is OCc1c(F)cnc(F)c1C(F)F. The van der Waals surface area contributed by atoms with Crippen molar-refractivity contribution in [2.75, 3.05) is 0 Å². The molecule has 1 heterocycles. The Bertz CT molecular complexity index is 316. The Morgan fingerprint density at radius 2 is 2.00 bits per heavy atom. The summed E-state index contributed by atoms with van der Waals surface area (Å²) in [4.78, 5) is 2.78. The molecule has 0 bridgehead atoms. The summed E-state index contributed by atoms with van der Waals surface area (Å²) >= 11 is 0. The van der Waals surface area contributed by atoms with Crippen LogP contribution >= 0.6 is 0 Å². The van der Waals surface area contributed by atoms with E-state index in [0.29, 0.717) is 6.20 Å². The molecule has 0 aliphatic rings. The molecule has 0 atom stereocenters. The highest BCUT2D eigenvalue weighted by atomic mass is 19.3. The van der Waals surface area contributed by atoms with E-state index in [1.54, 1.807) is 0 Å². The van der Waals surface area contributed by atoms with Gasteiger partial charge >= 0.3 is 0 Å². The van der Waals surface area contributed by atoms with Crippen LogP contribution in [0.1, 0.15) is 17.6 Å². The average molecular weight is 195 g/mol. The predicted octanol–water partition coefficient (Wildman–Crippen LogP) is 1.79. The summed E-state index contributed by atoms with van der Waals surface area (Å²) in [5.74, 6) is -2.60. The monoisotopic (exact) mass is 195 g/mol. The average Bonchev–Trinajstić information content (AvgIpc) is 2.07. The first kappa shape index (κ1) is 9.91. The molecule has 0 radical (unpaired) electrons. The fraction of sp³-hybridized carbons (Fsp3) is 0.286. The number of aromatic nitrogens is 1. The molecule has 1 aromatic heterocycles. The van der Waals surface area contributed by atoms with Gasteiger partial charge in [0.15, 0.2) is 0 Å². The van der Waals surface area contributed by atoms with Gasteiger partial charge in [0.25, 0.3) is 6.43 Å². The topological polar surface area (TPSA) is 33.1 Å². The van der Waals surface area contributed by atoms with Crippen molar-refractivity contribution in [1.29, 1.82) is 0 Å². The first-order valence-corrected chi connectivity index (χ1v) is 3.29. The molecule has 0 aromatic carbocycles. The van der Waals surface area contributed by atoms with E-state index in [1.165, 1.54) is 0 Å². The molecule has 0 saturated carbocycles. The van der Waals surface area contributed by atoms with Gasteiger partial charge in [0, 0.05) is 5.56 Å². The highest BCUT2D eigenvalue weighted by molar-refractivity contribution is 5.26. The third-order valence-corrected chi connectivity index (χ3v) is 1.50. The number of halogens is 4. The maximum absolute atomic E-state index is 12.7. The van der Waals surface area contributed by atoms with Crippen LogP contribution in [0.3, 0.4) is 0 Å². The minimum absolute atomic E-state index is 0.451. The molecule has 0 unspecified atom stereocenters. The summed E-state index contributed by atoms with van der Waals surface area (Å²) in [6, 6.07) is 0. The second kappa shape index (κ2) is 3.69. The zero-order chi connectivity index (χ0) is 10.0. The van der Waals surface area contributed by atoms with E-state index in [9.17, 15) is 17.6 Å². The van der Waals surface area contributed by atoms with Crippen molar-refractivity contribution in [3.8, 4) is 0 Å². The second-order valence-electron chi connectivity index (χ2n) is 2.25. The van der Waals surface area contributed by atoms with E-state index < -0.39 is 35.9 Å². The standard InChI is InChI=1S/C7H5F4NO/c8-4-1-12-7(11)5(6(9)10)3(4)2-13/h1,6,13H,2H2. The van der Waals surface area contributed by atoms with Crippen molar-refractivity contribution < 1.29 is 22.7 Å². The zero-order valence-electron chi connectivity index (χ0n) is 6.27. The van der Waals surface area contributed by atoms with E-state index in [2.05, 4.69) is 4.98 Å². The Kier molecular flexibility index (Phi) is 2.82. The fourth-order valence-corrected chi connectivity index (χ4v) is 0.896. The maximum atomic E-state index is 12.7. The van der Waals surface area contributed by atoms with Gasteiger partial charge in [0.05, 0.1) is 18.4 Å². The number of hydrogen-bond donors (Lipinski definition) is 1. The lowest BCUT2D eigenvalue weighted by molar-refractivity contribution is 0.139. The molecule has 0 aliphatic heterocycles. The number of pyridine rings is 1. The van der Waals surface area contributed by atoms with Crippen molar-refractivity contribution in [1.82, 2.24) is 4.98 Å². The van der Waals surface area contributed by atoms with Crippen LogP contribution in [0, 0.1) is 11.8 Å². The lowest BCUT2D eigenvalue weighted by Crippen LogP contribution is -2.04. The molecule has 1 rings (SSSR count). The lowest BCUT2D eigenvalue weighted by Gasteiger charge is -2.07. The maximum Gasteiger partial charge on any atom is 0.268 e. The molecule has 0 saturated heterocycles.